The zero-order valence-electron chi connectivity index (χ0n) is 13.8. The van der Waals surface area contributed by atoms with Gasteiger partial charge in [-0.2, -0.15) is 0 Å². The van der Waals surface area contributed by atoms with Crippen molar-refractivity contribution in [3.63, 3.8) is 0 Å². The van der Waals surface area contributed by atoms with Crippen molar-refractivity contribution in [2.75, 3.05) is 19.6 Å². The molecule has 1 fully saturated rings. The van der Waals surface area contributed by atoms with Gasteiger partial charge in [0.2, 0.25) is 0 Å². The summed E-state index contributed by atoms with van der Waals surface area (Å²) >= 11 is 0. The van der Waals surface area contributed by atoms with Crippen LogP contribution >= 0.6 is 0 Å². The van der Waals surface area contributed by atoms with Crippen molar-refractivity contribution in [2.45, 2.75) is 51.4 Å². The number of carbonyl (C=O) groups excluding carboxylic acids is 1. The fourth-order valence-corrected chi connectivity index (χ4v) is 2.88. The highest BCUT2D eigenvalue weighted by molar-refractivity contribution is 5.67. The van der Waals surface area contributed by atoms with Gasteiger partial charge in [-0.1, -0.05) is 43.7 Å². The van der Waals surface area contributed by atoms with Crippen LogP contribution in [-0.4, -0.2) is 42.8 Å². The minimum atomic E-state index is -0.736. The van der Waals surface area contributed by atoms with Gasteiger partial charge in [-0.15, -0.1) is 0 Å². The van der Waals surface area contributed by atoms with E-state index < -0.39 is 6.17 Å². The Kier molecular flexibility index (Phi) is 7.33. The molecule has 0 unspecified atom stereocenters. The molecule has 1 aromatic rings. The van der Waals surface area contributed by atoms with E-state index in [2.05, 4.69) is 10.2 Å². The average molecular weight is 322 g/mol. The lowest BCUT2D eigenvalue weighted by Crippen LogP contribution is -2.46. The van der Waals surface area contributed by atoms with Gasteiger partial charge in [-0.25, -0.2) is 9.18 Å². The Morgan fingerprint density at radius 2 is 2.04 bits per heavy atom. The highest BCUT2D eigenvalue weighted by atomic mass is 19.1. The summed E-state index contributed by atoms with van der Waals surface area (Å²) in [6.45, 7) is 4.45. The lowest BCUT2D eigenvalue weighted by atomic mass is 10.0. The molecule has 0 aromatic heterocycles. The number of nitrogens with zero attached hydrogens (tertiary/aromatic N) is 1. The van der Waals surface area contributed by atoms with Crippen molar-refractivity contribution in [3.8, 4) is 0 Å². The summed E-state index contributed by atoms with van der Waals surface area (Å²) in [4.78, 5) is 14.0. The summed E-state index contributed by atoms with van der Waals surface area (Å²) in [5, 5.41) is 2.91. The molecule has 23 heavy (non-hydrogen) atoms. The van der Waals surface area contributed by atoms with Crippen molar-refractivity contribution in [1.29, 1.82) is 0 Å². The largest absolute Gasteiger partial charge is 0.445 e. The van der Waals surface area contributed by atoms with Crippen LogP contribution in [-0.2, 0) is 11.3 Å². The molecule has 5 heteroatoms. The van der Waals surface area contributed by atoms with Crippen LogP contribution in [0.4, 0.5) is 9.18 Å². The molecule has 1 aliphatic heterocycles. The van der Waals surface area contributed by atoms with Crippen molar-refractivity contribution in [2.24, 2.45) is 0 Å². The quantitative estimate of drug-likeness (QED) is 0.835. The number of halogens is 1. The molecule has 4 nitrogen and oxygen atoms in total. The Balaban J connectivity index is 1.63. The molecule has 0 aliphatic carbocycles. The number of carbonyl (C=O) groups is 1. The highest BCUT2D eigenvalue weighted by Crippen LogP contribution is 2.13. The summed E-state index contributed by atoms with van der Waals surface area (Å²) in [6, 6.07) is 9.75. The SMILES string of the molecule is CCC[C@H](F)CN1CCC(NC(=O)OCc2ccccc2)CC1. The number of likely N-dealkylation sites (tertiary alicyclic amines) is 1. The number of nitrogens with one attached hydrogen (secondary N) is 1. The normalized spacial score (nSPS) is 17.7. The van der Waals surface area contributed by atoms with Crippen LogP contribution in [0.5, 0.6) is 0 Å². The van der Waals surface area contributed by atoms with Gasteiger partial charge in [-0.05, 0) is 24.8 Å². The van der Waals surface area contributed by atoms with E-state index in [-0.39, 0.29) is 18.7 Å². The van der Waals surface area contributed by atoms with Crippen LogP contribution in [0.3, 0.4) is 0 Å². The molecule has 1 atom stereocenters. The zero-order chi connectivity index (χ0) is 16.5. The van der Waals surface area contributed by atoms with E-state index in [1.807, 2.05) is 37.3 Å². The first kappa shape index (κ1) is 17.7. The number of rotatable bonds is 7. The maximum Gasteiger partial charge on any atom is 0.407 e. The fraction of sp³-hybridized carbons (Fsp3) is 0.611. The van der Waals surface area contributed by atoms with Gasteiger partial charge >= 0.3 is 6.09 Å². The first-order valence-corrected chi connectivity index (χ1v) is 8.51. The molecule has 128 valence electrons. The van der Waals surface area contributed by atoms with E-state index in [0.29, 0.717) is 13.0 Å². The molecule has 1 amide bonds. The molecule has 1 aliphatic rings. The molecule has 2 rings (SSSR count). The minimum Gasteiger partial charge on any atom is -0.445 e. The highest BCUT2D eigenvalue weighted by Gasteiger charge is 2.22. The predicted octanol–water partition coefficient (Wildman–Crippen LogP) is 3.52. The van der Waals surface area contributed by atoms with Gasteiger partial charge in [0.15, 0.2) is 0 Å². The van der Waals surface area contributed by atoms with Crippen LogP contribution in [0.25, 0.3) is 0 Å². The number of alkyl halides is 1. The number of hydrogen-bond acceptors (Lipinski definition) is 3. The van der Waals surface area contributed by atoms with Crippen LogP contribution in [0.2, 0.25) is 0 Å². The van der Waals surface area contributed by atoms with Crippen molar-refractivity contribution in [1.82, 2.24) is 10.2 Å². The molecule has 1 heterocycles. The van der Waals surface area contributed by atoms with E-state index in [0.717, 1.165) is 37.9 Å². The smallest absolute Gasteiger partial charge is 0.407 e. The number of hydrogen-bond donors (Lipinski definition) is 1. The Bertz CT molecular complexity index is 461. The van der Waals surface area contributed by atoms with Crippen LogP contribution in [0.15, 0.2) is 30.3 Å². The third kappa shape index (κ3) is 6.57. The summed E-state index contributed by atoms with van der Waals surface area (Å²) in [6.07, 6.45) is 2.09. The van der Waals surface area contributed by atoms with Crippen LogP contribution in [0, 0.1) is 0 Å². The van der Waals surface area contributed by atoms with E-state index in [9.17, 15) is 9.18 Å². The second-order valence-corrected chi connectivity index (χ2v) is 6.17. The molecule has 0 spiro atoms. The Morgan fingerprint density at radius 3 is 2.70 bits per heavy atom. The first-order chi connectivity index (χ1) is 11.2. The standard InChI is InChI=1S/C18H27FN2O2/c1-2-6-16(19)13-21-11-9-17(10-12-21)20-18(22)23-14-15-7-4-3-5-8-15/h3-5,7-8,16-17H,2,6,9-14H2,1H3,(H,20,22)/t16-/m0/s1. The average Bonchev–Trinajstić information content (AvgIpc) is 2.56. The molecule has 1 saturated heterocycles. The summed E-state index contributed by atoms with van der Waals surface area (Å²) in [5.74, 6) is 0. The molecule has 1 N–H and O–H groups in total. The number of ether oxygens (including phenoxy) is 1. The topological polar surface area (TPSA) is 41.6 Å². The van der Waals surface area contributed by atoms with E-state index >= 15 is 0 Å². The Hall–Kier alpha value is -1.62. The zero-order valence-corrected chi connectivity index (χ0v) is 13.8. The minimum absolute atomic E-state index is 0.124. The maximum absolute atomic E-state index is 13.6. The van der Waals surface area contributed by atoms with Crippen molar-refractivity contribution >= 4 is 6.09 Å². The van der Waals surface area contributed by atoms with E-state index in [1.165, 1.54) is 0 Å². The van der Waals surface area contributed by atoms with Crippen molar-refractivity contribution < 1.29 is 13.9 Å². The predicted molar refractivity (Wildman–Crippen MR) is 89.0 cm³/mol. The molecular formula is C18H27FN2O2. The fourth-order valence-electron chi connectivity index (χ4n) is 2.88. The molecule has 0 saturated carbocycles. The van der Waals surface area contributed by atoms with E-state index in [1.54, 1.807) is 0 Å². The lowest BCUT2D eigenvalue weighted by molar-refractivity contribution is 0.118. The van der Waals surface area contributed by atoms with Gasteiger partial charge in [0, 0.05) is 25.7 Å². The third-order valence-corrected chi connectivity index (χ3v) is 4.18. The molecule has 1 aromatic carbocycles. The van der Waals surface area contributed by atoms with E-state index in [4.69, 9.17) is 4.74 Å². The first-order valence-electron chi connectivity index (χ1n) is 8.51. The van der Waals surface area contributed by atoms with Gasteiger partial charge in [0.1, 0.15) is 12.8 Å². The summed E-state index contributed by atoms with van der Waals surface area (Å²) in [5.41, 5.74) is 0.974. The maximum atomic E-state index is 13.6. The summed E-state index contributed by atoms with van der Waals surface area (Å²) in [7, 11) is 0. The second kappa shape index (κ2) is 9.50. The van der Waals surface area contributed by atoms with Gasteiger partial charge < -0.3 is 15.0 Å². The second-order valence-electron chi connectivity index (χ2n) is 6.17. The lowest BCUT2D eigenvalue weighted by Gasteiger charge is -2.32. The number of benzene rings is 1. The Morgan fingerprint density at radius 1 is 1.35 bits per heavy atom. The van der Waals surface area contributed by atoms with Gasteiger partial charge in [-0.3, -0.25) is 0 Å². The van der Waals surface area contributed by atoms with Crippen LogP contribution < -0.4 is 5.32 Å². The molecule has 0 bridgehead atoms. The van der Waals surface area contributed by atoms with Gasteiger partial charge in [0.25, 0.3) is 0 Å². The number of amides is 1. The Labute approximate surface area is 138 Å². The summed E-state index contributed by atoms with van der Waals surface area (Å²) < 4.78 is 18.9. The monoisotopic (exact) mass is 322 g/mol. The third-order valence-electron chi connectivity index (χ3n) is 4.18. The molecular weight excluding hydrogens is 295 g/mol. The van der Waals surface area contributed by atoms with Gasteiger partial charge in [0.05, 0.1) is 0 Å². The van der Waals surface area contributed by atoms with Crippen LogP contribution in [0.1, 0.15) is 38.2 Å². The molecule has 0 radical (unpaired) electrons. The number of alkyl carbamates (subject to hydrolysis) is 1. The van der Waals surface area contributed by atoms with Crippen molar-refractivity contribution in [3.05, 3.63) is 35.9 Å². The number of piperidine rings is 1.